The van der Waals surface area contributed by atoms with Crippen molar-refractivity contribution in [2.75, 3.05) is 20.2 Å². The number of H-pyrrole nitrogens is 1. The largest absolute Gasteiger partial charge is 0.497 e. The van der Waals surface area contributed by atoms with Crippen molar-refractivity contribution in [2.24, 2.45) is 5.73 Å². The van der Waals surface area contributed by atoms with Crippen molar-refractivity contribution in [3.8, 4) is 5.75 Å². The van der Waals surface area contributed by atoms with Gasteiger partial charge in [0.2, 0.25) is 0 Å². The second-order valence-corrected chi connectivity index (χ2v) is 5.11. The van der Waals surface area contributed by atoms with Crippen molar-refractivity contribution in [1.29, 1.82) is 0 Å². The number of aromatic nitrogens is 2. The minimum absolute atomic E-state index is 0.0340. The summed E-state index contributed by atoms with van der Waals surface area (Å²) in [6, 6.07) is 5.74. The molecule has 3 N–H and O–H groups in total. The van der Waals surface area contributed by atoms with Crippen LogP contribution in [0, 0.1) is 0 Å². The summed E-state index contributed by atoms with van der Waals surface area (Å²) in [5, 5.41) is 7.88. The minimum atomic E-state index is -0.0340. The van der Waals surface area contributed by atoms with E-state index in [-0.39, 0.29) is 11.9 Å². The van der Waals surface area contributed by atoms with Crippen molar-refractivity contribution < 1.29 is 9.53 Å². The summed E-state index contributed by atoms with van der Waals surface area (Å²) < 4.78 is 5.16. The van der Waals surface area contributed by atoms with Crippen LogP contribution < -0.4 is 10.5 Å². The summed E-state index contributed by atoms with van der Waals surface area (Å²) in [5.74, 6) is 0.706. The van der Waals surface area contributed by atoms with E-state index >= 15 is 0 Å². The number of piperidine rings is 1. The summed E-state index contributed by atoms with van der Waals surface area (Å²) >= 11 is 0. The lowest BCUT2D eigenvalue weighted by Gasteiger charge is -2.29. The molecule has 0 atom stereocenters. The van der Waals surface area contributed by atoms with E-state index in [1.54, 1.807) is 7.11 Å². The lowest BCUT2D eigenvalue weighted by atomic mass is 10.1. The third-order valence-electron chi connectivity index (χ3n) is 3.80. The van der Waals surface area contributed by atoms with Gasteiger partial charge in [0, 0.05) is 30.6 Å². The van der Waals surface area contributed by atoms with Gasteiger partial charge in [-0.15, -0.1) is 0 Å². The number of nitrogens with two attached hydrogens (primary N) is 1. The van der Waals surface area contributed by atoms with Gasteiger partial charge in [0.1, 0.15) is 5.75 Å². The molecule has 1 saturated heterocycles. The SMILES string of the molecule is COc1ccc2c(C(=O)N3CCC(N)CC3)n[nH]c2c1. The maximum atomic E-state index is 12.5. The molecule has 2 aromatic rings. The third-order valence-corrected chi connectivity index (χ3v) is 3.80. The number of carbonyl (C=O) groups is 1. The number of carbonyl (C=O) groups excluding carboxylic acids is 1. The van der Waals surface area contributed by atoms with Crippen LogP contribution in [-0.4, -0.2) is 47.2 Å². The summed E-state index contributed by atoms with van der Waals surface area (Å²) in [4.78, 5) is 14.3. The summed E-state index contributed by atoms with van der Waals surface area (Å²) in [6.07, 6.45) is 1.70. The molecule has 20 heavy (non-hydrogen) atoms. The maximum Gasteiger partial charge on any atom is 0.274 e. The molecule has 0 saturated carbocycles. The number of aromatic amines is 1. The number of methoxy groups -OCH3 is 1. The number of hydrogen-bond donors (Lipinski definition) is 2. The van der Waals surface area contributed by atoms with Crippen LogP contribution in [0.5, 0.6) is 5.75 Å². The van der Waals surface area contributed by atoms with Crippen LogP contribution in [0.3, 0.4) is 0 Å². The molecule has 1 aromatic heterocycles. The Kier molecular flexibility index (Phi) is 3.31. The number of amides is 1. The Morgan fingerprint density at radius 1 is 1.45 bits per heavy atom. The standard InChI is InChI=1S/C14H18N4O2/c1-20-10-2-3-11-12(8-10)16-17-13(11)14(19)18-6-4-9(15)5-7-18/h2-3,8-9H,4-7,15H2,1H3,(H,16,17). The Morgan fingerprint density at radius 2 is 2.20 bits per heavy atom. The zero-order chi connectivity index (χ0) is 14.1. The average molecular weight is 274 g/mol. The van der Waals surface area contributed by atoms with Gasteiger partial charge in [-0.05, 0) is 25.0 Å². The van der Waals surface area contributed by atoms with Crippen molar-refractivity contribution >= 4 is 16.8 Å². The quantitative estimate of drug-likeness (QED) is 0.860. The van der Waals surface area contributed by atoms with Crippen LogP contribution in [0.4, 0.5) is 0 Å². The molecule has 0 aliphatic carbocycles. The molecule has 1 fully saturated rings. The number of fused-ring (bicyclic) bond motifs is 1. The molecule has 1 aromatic carbocycles. The molecule has 3 rings (SSSR count). The van der Waals surface area contributed by atoms with E-state index in [4.69, 9.17) is 10.5 Å². The van der Waals surface area contributed by atoms with Crippen molar-refractivity contribution in [1.82, 2.24) is 15.1 Å². The van der Waals surface area contributed by atoms with Gasteiger partial charge < -0.3 is 15.4 Å². The zero-order valence-corrected chi connectivity index (χ0v) is 11.4. The number of likely N-dealkylation sites (tertiary alicyclic amines) is 1. The van der Waals surface area contributed by atoms with Gasteiger partial charge in [0.05, 0.1) is 12.6 Å². The van der Waals surface area contributed by atoms with E-state index in [1.165, 1.54) is 0 Å². The highest BCUT2D eigenvalue weighted by Gasteiger charge is 2.24. The Morgan fingerprint density at radius 3 is 2.90 bits per heavy atom. The van der Waals surface area contributed by atoms with Gasteiger partial charge in [-0.2, -0.15) is 5.10 Å². The number of hydrogen-bond acceptors (Lipinski definition) is 4. The molecule has 0 spiro atoms. The monoisotopic (exact) mass is 274 g/mol. The molecular weight excluding hydrogens is 256 g/mol. The molecular formula is C14H18N4O2. The highest BCUT2D eigenvalue weighted by Crippen LogP contribution is 2.23. The number of nitrogens with one attached hydrogen (secondary N) is 1. The van der Waals surface area contributed by atoms with Crippen molar-refractivity contribution in [3.05, 3.63) is 23.9 Å². The molecule has 6 nitrogen and oxygen atoms in total. The summed E-state index contributed by atoms with van der Waals surface area (Å²) in [7, 11) is 1.61. The van der Waals surface area contributed by atoms with Crippen molar-refractivity contribution in [2.45, 2.75) is 18.9 Å². The first-order valence-corrected chi connectivity index (χ1v) is 6.76. The molecule has 106 valence electrons. The number of nitrogens with zero attached hydrogens (tertiary/aromatic N) is 2. The predicted molar refractivity (Wildman–Crippen MR) is 75.8 cm³/mol. The Labute approximate surface area is 116 Å². The normalized spacial score (nSPS) is 16.6. The highest BCUT2D eigenvalue weighted by atomic mass is 16.5. The van der Waals surface area contributed by atoms with E-state index < -0.39 is 0 Å². The van der Waals surface area contributed by atoms with Crippen LogP contribution in [0.25, 0.3) is 10.9 Å². The van der Waals surface area contributed by atoms with E-state index in [9.17, 15) is 4.79 Å². The van der Waals surface area contributed by atoms with Crippen LogP contribution in [0.2, 0.25) is 0 Å². The van der Waals surface area contributed by atoms with E-state index in [1.807, 2.05) is 23.1 Å². The molecule has 2 heterocycles. The first-order chi connectivity index (χ1) is 9.69. The number of rotatable bonds is 2. The van der Waals surface area contributed by atoms with Gasteiger partial charge in [-0.3, -0.25) is 9.89 Å². The number of benzene rings is 1. The van der Waals surface area contributed by atoms with Crippen LogP contribution >= 0.6 is 0 Å². The van der Waals surface area contributed by atoms with Gasteiger partial charge in [-0.25, -0.2) is 0 Å². The Bertz CT molecular complexity index is 629. The minimum Gasteiger partial charge on any atom is -0.497 e. The molecule has 1 aliphatic heterocycles. The zero-order valence-electron chi connectivity index (χ0n) is 11.4. The van der Waals surface area contributed by atoms with E-state index in [2.05, 4.69) is 10.2 Å². The Hall–Kier alpha value is -2.08. The first-order valence-electron chi connectivity index (χ1n) is 6.76. The predicted octanol–water partition coefficient (Wildman–Crippen LogP) is 1.13. The Balaban J connectivity index is 1.88. The van der Waals surface area contributed by atoms with Crippen molar-refractivity contribution in [3.63, 3.8) is 0 Å². The average Bonchev–Trinajstić information content (AvgIpc) is 2.90. The van der Waals surface area contributed by atoms with Crippen LogP contribution in [0.1, 0.15) is 23.3 Å². The topological polar surface area (TPSA) is 84.2 Å². The maximum absolute atomic E-state index is 12.5. The van der Waals surface area contributed by atoms with E-state index in [0.29, 0.717) is 18.8 Å². The van der Waals surface area contributed by atoms with Gasteiger partial charge in [0.25, 0.3) is 5.91 Å². The first kappa shape index (κ1) is 12.9. The van der Waals surface area contributed by atoms with Gasteiger partial charge >= 0.3 is 0 Å². The summed E-state index contributed by atoms with van der Waals surface area (Å²) in [6.45, 7) is 1.40. The summed E-state index contributed by atoms with van der Waals surface area (Å²) in [5.41, 5.74) is 7.14. The molecule has 0 unspecified atom stereocenters. The van der Waals surface area contributed by atoms with E-state index in [0.717, 1.165) is 29.5 Å². The van der Waals surface area contributed by atoms with Gasteiger partial charge in [0.15, 0.2) is 5.69 Å². The highest BCUT2D eigenvalue weighted by molar-refractivity contribution is 6.04. The lowest BCUT2D eigenvalue weighted by molar-refractivity contribution is 0.0710. The smallest absolute Gasteiger partial charge is 0.274 e. The fourth-order valence-electron chi connectivity index (χ4n) is 2.54. The lowest BCUT2D eigenvalue weighted by Crippen LogP contribution is -2.43. The molecule has 0 radical (unpaired) electrons. The molecule has 1 amide bonds. The van der Waals surface area contributed by atoms with Crippen LogP contribution in [0.15, 0.2) is 18.2 Å². The molecule has 6 heteroatoms. The third kappa shape index (κ3) is 2.22. The molecule has 1 aliphatic rings. The fraction of sp³-hybridized carbons (Fsp3) is 0.429. The fourth-order valence-corrected chi connectivity index (χ4v) is 2.54. The second-order valence-electron chi connectivity index (χ2n) is 5.11. The number of ether oxygens (including phenoxy) is 1. The van der Waals surface area contributed by atoms with Crippen LogP contribution in [-0.2, 0) is 0 Å². The van der Waals surface area contributed by atoms with Gasteiger partial charge in [-0.1, -0.05) is 0 Å². The molecule has 0 bridgehead atoms. The second kappa shape index (κ2) is 5.13.